The van der Waals surface area contributed by atoms with Gasteiger partial charge in [0.15, 0.2) is 0 Å². The van der Waals surface area contributed by atoms with E-state index < -0.39 is 0 Å². The third kappa shape index (κ3) is 2.83. The van der Waals surface area contributed by atoms with E-state index >= 15 is 0 Å². The van der Waals surface area contributed by atoms with Gasteiger partial charge in [0.2, 0.25) is 0 Å². The summed E-state index contributed by atoms with van der Waals surface area (Å²) >= 11 is 6.09. The van der Waals surface area contributed by atoms with Gasteiger partial charge in [-0.05, 0) is 43.1 Å². The molecule has 4 rings (SSSR count). The number of fused-ring (bicyclic) bond motifs is 1. The van der Waals surface area contributed by atoms with Crippen molar-refractivity contribution in [1.29, 1.82) is 0 Å². The molecule has 24 heavy (non-hydrogen) atoms. The number of benzene rings is 2. The standard InChI is InChI=1S/C19H18ClN3O/c20-14-8-9-15-17(11-14)22-18(16-7-4-10-21-16)23(19(15)24)12-13-5-2-1-3-6-13/h1-3,5-6,8-9,11,16,21H,4,7,10,12H2. The van der Waals surface area contributed by atoms with Crippen molar-refractivity contribution < 1.29 is 0 Å². The highest BCUT2D eigenvalue weighted by molar-refractivity contribution is 6.31. The van der Waals surface area contributed by atoms with Gasteiger partial charge >= 0.3 is 0 Å². The number of nitrogens with zero attached hydrogens (tertiary/aromatic N) is 2. The summed E-state index contributed by atoms with van der Waals surface area (Å²) in [6.07, 6.45) is 2.09. The van der Waals surface area contributed by atoms with E-state index in [1.165, 1.54) is 0 Å². The van der Waals surface area contributed by atoms with Gasteiger partial charge in [-0.1, -0.05) is 41.9 Å². The highest BCUT2D eigenvalue weighted by Crippen LogP contribution is 2.24. The van der Waals surface area contributed by atoms with Crippen LogP contribution in [0.15, 0.2) is 53.3 Å². The molecular weight excluding hydrogens is 322 g/mol. The normalized spacial score (nSPS) is 17.5. The van der Waals surface area contributed by atoms with Crippen LogP contribution < -0.4 is 10.9 Å². The van der Waals surface area contributed by atoms with Crippen molar-refractivity contribution in [2.75, 3.05) is 6.54 Å². The third-order valence-electron chi connectivity index (χ3n) is 4.50. The Kier molecular flexibility index (Phi) is 4.08. The number of halogens is 1. The summed E-state index contributed by atoms with van der Waals surface area (Å²) < 4.78 is 1.80. The summed E-state index contributed by atoms with van der Waals surface area (Å²) in [6.45, 7) is 1.48. The summed E-state index contributed by atoms with van der Waals surface area (Å²) in [7, 11) is 0. The second-order valence-corrected chi connectivity index (χ2v) is 6.59. The number of rotatable bonds is 3. The van der Waals surface area contributed by atoms with Crippen LogP contribution in [0.3, 0.4) is 0 Å². The molecule has 0 amide bonds. The minimum absolute atomic E-state index is 0.00998. The lowest BCUT2D eigenvalue weighted by Crippen LogP contribution is -2.30. The fourth-order valence-corrected chi connectivity index (χ4v) is 3.47. The summed E-state index contributed by atoms with van der Waals surface area (Å²) in [5, 5.41) is 4.66. The van der Waals surface area contributed by atoms with Crippen molar-refractivity contribution in [3.8, 4) is 0 Å². The van der Waals surface area contributed by atoms with Crippen LogP contribution in [0, 0.1) is 0 Å². The maximum atomic E-state index is 13.1. The van der Waals surface area contributed by atoms with Crippen LogP contribution in [-0.2, 0) is 6.54 Å². The summed E-state index contributed by atoms with van der Waals surface area (Å²) in [4.78, 5) is 17.9. The van der Waals surface area contributed by atoms with Crippen LogP contribution in [-0.4, -0.2) is 16.1 Å². The molecule has 4 nitrogen and oxygen atoms in total. The zero-order chi connectivity index (χ0) is 16.5. The second kappa shape index (κ2) is 6.38. The highest BCUT2D eigenvalue weighted by Gasteiger charge is 2.23. The third-order valence-corrected chi connectivity index (χ3v) is 4.74. The van der Waals surface area contributed by atoms with E-state index in [2.05, 4.69) is 5.32 Å². The molecule has 2 heterocycles. The summed E-state index contributed by atoms with van der Waals surface area (Å²) in [5.41, 5.74) is 1.75. The fourth-order valence-electron chi connectivity index (χ4n) is 3.30. The molecule has 1 unspecified atom stereocenters. The first kappa shape index (κ1) is 15.4. The predicted molar refractivity (Wildman–Crippen MR) is 96.5 cm³/mol. The molecule has 5 heteroatoms. The Balaban J connectivity index is 1.91. The van der Waals surface area contributed by atoms with Crippen LogP contribution >= 0.6 is 11.6 Å². The molecule has 1 aliphatic heterocycles. The molecule has 1 aliphatic rings. The minimum atomic E-state index is -0.00998. The molecule has 3 aromatic rings. The van der Waals surface area contributed by atoms with E-state index in [4.69, 9.17) is 16.6 Å². The van der Waals surface area contributed by atoms with Gasteiger partial charge in [-0.15, -0.1) is 0 Å². The first-order valence-electron chi connectivity index (χ1n) is 8.20. The van der Waals surface area contributed by atoms with Crippen molar-refractivity contribution in [1.82, 2.24) is 14.9 Å². The van der Waals surface area contributed by atoms with E-state index in [1.807, 2.05) is 30.3 Å². The summed E-state index contributed by atoms with van der Waals surface area (Å²) in [6, 6.07) is 15.4. The number of aromatic nitrogens is 2. The molecule has 2 aromatic carbocycles. The minimum Gasteiger partial charge on any atom is -0.307 e. The Bertz CT molecular complexity index is 930. The van der Waals surface area contributed by atoms with E-state index in [1.54, 1.807) is 22.8 Å². The smallest absolute Gasteiger partial charge is 0.261 e. The van der Waals surface area contributed by atoms with Gasteiger partial charge in [0, 0.05) is 5.02 Å². The van der Waals surface area contributed by atoms with Gasteiger partial charge in [0.25, 0.3) is 5.56 Å². The van der Waals surface area contributed by atoms with E-state index in [0.717, 1.165) is 30.8 Å². The van der Waals surface area contributed by atoms with Crippen molar-refractivity contribution in [2.45, 2.75) is 25.4 Å². The van der Waals surface area contributed by atoms with Crippen LogP contribution in [0.2, 0.25) is 5.02 Å². The van der Waals surface area contributed by atoms with Gasteiger partial charge in [0.05, 0.1) is 23.5 Å². The topological polar surface area (TPSA) is 46.9 Å². The number of hydrogen-bond donors (Lipinski definition) is 1. The lowest BCUT2D eigenvalue weighted by atomic mass is 10.1. The van der Waals surface area contributed by atoms with Crippen LogP contribution in [0.5, 0.6) is 0 Å². The van der Waals surface area contributed by atoms with E-state index in [0.29, 0.717) is 22.5 Å². The van der Waals surface area contributed by atoms with Crippen LogP contribution in [0.4, 0.5) is 0 Å². The second-order valence-electron chi connectivity index (χ2n) is 6.16. The molecule has 1 fully saturated rings. The quantitative estimate of drug-likeness (QED) is 0.794. The first-order chi connectivity index (χ1) is 11.7. The molecule has 1 aromatic heterocycles. The zero-order valence-corrected chi connectivity index (χ0v) is 14.0. The van der Waals surface area contributed by atoms with E-state index in [9.17, 15) is 4.79 Å². The van der Waals surface area contributed by atoms with Crippen molar-refractivity contribution in [3.63, 3.8) is 0 Å². The molecule has 122 valence electrons. The van der Waals surface area contributed by atoms with Crippen LogP contribution in [0.25, 0.3) is 10.9 Å². The van der Waals surface area contributed by atoms with Gasteiger partial charge in [-0.2, -0.15) is 0 Å². The molecular formula is C19H18ClN3O. The van der Waals surface area contributed by atoms with Crippen molar-refractivity contribution in [3.05, 3.63) is 75.3 Å². The van der Waals surface area contributed by atoms with Gasteiger partial charge < -0.3 is 5.32 Å². The molecule has 1 N–H and O–H groups in total. The SMILES string of the molecule is O=c1c2ccc(Cl)cc2nc(C2CCCN2)n1Cc1ccccc1. The lowest BCUT2D eigenvalue weighted by molar-refractivity contribution is 0.547. The molecule has 0 radical (unpaired) electrons. The molecule has 0 saturated carbocycles. The highest BCUT2D eigenvalue weighted by atomic mass is 35.5. The maximum absolute atomic E-state index is 13.1. The number of nitrogens with one attached hydrogen (secondary N) is 1. The monoisotopic (exact) mass is 339 g/mol. The largest absolute Gasteiger partial charge is 0.307 e. The summed E-state index contributed by atoms with van der Waals surface area (Å²) in [5.74, 6) is 0.802. The molecule has 0 aliphatic carbocycles. The van der Waals surface area contributed by atoms with E-state index in [-0.39, 0.29) is 11.6 Å². The first-order valence-corrected chi connectivity index (χ1v) is 8.57. The molecule has 0 spiro atoms. The Hall–Kier alpha value is -2.17. The van der Waals surface area contributed by atoms with Gasteiger partial charge in [-0.3, -0.25) is 9.36 Å². The van der Waals surface area contributed by atoms with Gasteiger partial charge in [-0.25, -0.2) is 4.98 Å². The molecule has 1 saturated heterocycles. The predicted octanol–water partition coefficient (Wildman–Crippen LogP) is 3.52. The Labute approximate surface area is 145 Å². The Morgan fingerprint density at radius 3 is 2.79 bits per heavy atom. The Morgan fingerprint density at radius 1 is 1.21 bits per heavy atom. The molecule has 1 atom stereocenters. The zero-order valence-electron chi connectivity index (χ0n) is 13.2. The molecule has 0 bridgehead atoms. The average molecular weight is 340 g/mol. The van der Waals surface area contributed by atoms with Crippen molar-refractivity contribution >= 4 is 22.5 Å². The number of hydrogen-bond acceptors (Lipinski definition) is 3. The van der Waals surface area contributed by atoms with Crippen LogP contribution in [0.1, 0.15) is 30.3 Å². The fraction of sp³-hybridized carbons (Fsp3) is 0.263. The van der Waals surface area contributed by atoms with Gasteiger partial charge in [0.1, 0.15) is 5.82 Å². The Morgan fingerprint density at radius 2 is 2.04 bits per heavy atom. The average Bonchev–Trinajstić information content (AvgIpc) is 3.12. The van der Waals surface area contributed by atoms with Crippen molar-refractivity contribution in [2.24, 2.45) is 0 Å². The lowest BCUT2D eigenvalue weighted by Gasteiger charge is -2.18. The maximum Gasteiger partial charge on any atom is 0.261 e.